The van der Waals surface area contributed by atoms with E-state index in [1.54, 1.807) is 41.3 Å². The first-order valence-electron chi connectivity index (χ1n) is 16.3. The van der Waals surface area contributed by atoms with Crippen LogP contribution in [0.1, 0.15) is 67.9 Å². The Morgan fingerprint density at radius 3 is 2.00 bits per heavy atom. The van der Waals surface area contributed by atoms with Crippen LogP contribution in [-0.2, 0) is 32.6 Å². The second-order valence-electron chi connectivity index (χ2n) is 12.6. The highest BCUT2D eigenvalue weighted by atomic mass is 32.2. The molecule has 7 nitrogen and oxygen atoms in total. The van der Waals surface area contributed by atoms with Crippen LogP contribution in [0.3, 0.4) is 0 Å². The normalized spacial score (nSPS) is 12.7. The minimum absolute atomic E-state index is 0.0874. The zero-order valence-corrected chi connectivity index (χ0v) is 29.1. The monoisotopic (exact) mass is 653 g/mol. The first-order valence-corrected chi connectivity index (χ1v) is 17.7. The van der Waals surface area contributed by atoms with E-state index in [-0.39, 0.29) is 35.7 Å². The molecule has 0 radical (unpaired) electrons. The third-order valence-electron chi connectivity index (χ3n) is 8.44. The van der Waals surface area contributed by atoms with E-state index in [0.717, 1.165) is 34.2 Å². The maximum Gasteiger partial charge on any atom is 0.264 e. The lowest BCUT2D eigenvalue weighted by molar-refractivity contribution is -0.140. The molecule has 8 heteroatoms. The topological polar surface area (TPSA) is 86.8 Å². The molecule has 0 fully saturated rings. The summed E-state index contributed by atoms with van der Waals surface area (Å²) in [5, 5.41) is 3.08. The Balaban J connectivity index is 1.82. The molecular weight excluding hydrogens is 607 g/mol. The third-order valence-corrected chi connectivity index (χ3v) is 10.2. The van der Waals surface area contributed by atoms with E-state index in [4.69, 9.17) is 0 Å². The lowest BCUT2D eigenvalue weighted by Crippen LogP contribution is -2.54. The second kappa shape index (κ2) is 15.9. The number of sulfonamides is 1. The van der Waals surface area contributed by atoms with Crippen molar-refractivity contribution in [1.82, 2.24) is 10.2 Å². The molecule has 4 aromatic rings. The fourth-order valence-electron chi connectivity index (χ4n) is 5.39. The fraction of sp³-hybridized carbons (Fsp3) is 0.333. The fourth-order valence-corrected chi connectivity index (χ4v) is 6.81. The zero-order chi connectivity index (χ0) is 34.1. The molecule has 2 atom stereocenters. The van der Waals surface area contributed by atoms with Crippen molar-refractivity contribution in [3.05, 3.63) is 131 Å². The van der Waals surface area contributed by atoms with Gasteiger partial charge in [-0.2, -0.15) is 0 Å². The van der Waals surface area contributed by atoms with Crippen LogP contribution < -0.4 is 9.62 Å². The third kappa shape index (κ3) is 9.32. The van der Waals surface area contributed by atoms with Gasteiger partial charge in [0.25, 0.3) is 10.0 Å². The van der Waals surface area contributed by atoms with Gasteiger partial charge < -0.3 is 10.2 Å². The molecule has 248 valence electrons. The van der Waals surface area contributed by atoms with Crippen LogP contribution in [0.4, 0.5) is 5.69 Å². The maximum absolute atomic E-state index is 14.7. The summed E-state index contributed by atoms with van der Waals surface area (Å²) in [6.07, 6.45) is 0.999. The van der Waals surface area contributed by atoms with Gasteiger partial charge in [0.05, 0.1) is 10.6 Å². The van der Waals surface area contributed by atoms with Crippen molar-refractivity contribution < 1.29 is 18.0 Å². The Kier molecular flexibility index (Phi) is 12.0. The van der Waals surface area contributed by atoms with Crippen molar-refractivity contribution >= 4 is 27.5 Å². The van der Waals surface area contributed by atoms with Gasteiger partial charge in [-0.3, -0.25) is 13.9 Å². The molecule has 0 aliphatic carbocycles. The number of aryl methyl sites for hydroxylation is 2. The number of nitrogens with zero attached hydrogens (tertiary/aromatic N) is 2. The van der Waals surface area contributed by atoms with Crippen LogP contribution in [0.15, 0.2) is 108 Å². The predicted octanol–water partition coefficient (Wildman–Crippen LogP) is 7.18. The van der Waals surface area contributed by atoms with E-state index < -0.39 is 28.5 Å². The van der Waals surface area contributed by atoms with E-state index >= 15 is 0 Å². The Labute approximate surface area is 280 Å². The minimum atomic E-state index is -4.15. The molecule has 0 saturated heterocycles. The number of amides is 2. The molecule has 0 heterocycles. The standard InChI is InChI=1S/C39H47N3O4S/c1-7-31(6)40-39(44)37(25-32-13-9-8-10-14-32)41(26-33-15-11-12-30(5)24-33)38(43)27-42(35-20-18-34(19-21-35)28(2)3)47(45,46)36-22-16-29(4)17-23-36/h8-24,28,31,37H,7,25-27H2,1-6H3,(H,40,44)/t31-,37+/m0/s1. The molecule has 4 rings (SSSR count). The number of carbonyl (C=O) groups excluding carboxylic acids is 2. The lowest BCUT2D eigenvalue weighted by Gasteiger charge is -2.34. The van der Waals surface area contributed by atoms with E-state index in [1.807, 2.05) is 94.4 Å². The largest absolute Gasteiger partial charge is 0.352 e. The highest BCUT2D eigenvalue weighted by Crippen LogP contribution is 2.27. The number of rotatable bonds is 14. The van der Waals surface area contributed by atoms with Crippen molar-refractivity contribution in [2.45, 2.75) is 83.8 Å². The first kappa shape index (κ1) is 35.4. The van der Waals surface area contributed by atoms with Crippen LogP contribution in [0, 0.1) is 13.8 Å². The molecule has 1 N–H and O–H groups in total. The minimum Gasteiger partial charge on any atom is -0.352 e. The van der Waals surface area contributed by atoms with Crippen molar-refractivity contribution in [2.75, 3.05) is 10.8 Å². The molecule has 4 aromatic carbocycles. The Morgan fingerprint density at radius 1 is 0.766 bits per heavy atom. The van der Waals surface area contributed by atoms with E-state index in [2.05, 4.69) is 19.2 Å². The molecule has 2 amide bonds. The summed E-state index contributed by atoms with van der Waals surface area (Å²) in [6, 6.07) is 30.3. The van der Waals surface area contributed by atoms with Gasteiger partial charge >= 0.3 is 0 Å². The van der Waals surface area contributed by atoms with Crippen LogP contribution in [0.25, 0.3) is 0 Å². The summed E-state index contributed by atoms with van der Waals surface area (Å²) >= 11 is 0. The SMILES string of the molecule is CC[C@H](C)NC(=O)[C@@H](Cc1ccccc1)N(Cc1cccc(C)c1)C(=O)CN(c1ccc(C(C)C)cc1)S(=O)(=O)c1ccc(C)cc1. The van der Waals surface area contributed by atoms with Gasteiger partial charge in [0.2, 0.25) is 11.8 Å². The molecule has 0 saturated carbocycles. The highest BCUT2D eigenvalue weighted by Gasteiger charge is 2.35. The molecule has 0 bridgehead atoms. The van der Waals surface area contributed by atoms with Crippen molar-refractivity contribution in [3.63, 3.8) is 0 Å². The molecular formula is C39H47N3O4S. The summed E-state index contributed by atoms with van der Waals surface area (Å²) in [5.74, 6) is -0.505. The Hall–Kier alpha value is -4.43. The van der Waals surface area contributed by atoms with E-state index in [1.165, 1.54) is 4.31 Å². The van der Waals surface area contributed by atoms with Gasteiger partial charge in [0.15, 0.2) is 0 Å². The predicted molar refractivity (Wildman–Crippen MR) is 190 cm³/mol. The average molecular weight is 654 g/mol. The summed E-state index contributed by atoms with van der Waals surface area (Å²) in [7, 11) is -4.15. The summed E-state index contributed by atoms with van der Waals surface area (Å²) in [6.45, 7) is 11.6. The van der Waals surface area contributed by atoms with Gasteiger partial charge in [-0.15, -0.1) is 0 Å². The maximum atomic E-state index is 14.7. The summed E-state index contributed by atoms with van der Waals surface area (Å²) in [4.78, 5) is 30.3. The second-order valence-corrected chi connectivity index (χ2v) is 14.5. The number of hydrogen-bond acceptors (Lipinski definition) is 4. The quantitative estimate of drug-likeness (QED) is 0.156. The molecule has 0 aromatic heterocycles. The number of carbonyl (C=O) groups is 2. The molecule has 0 aliphatic heterocycles. The van der Waals surface area contributed by atoms with Gasteiger partial charge in [-0.25, -0.2) is 8.42 Å². The van der Waals surface area contributed by atoms with E-state index in [0.29, 0.717) is 5.69 Å². The number of benzene rings is 4. The lowest BCUT2D eigenvalue weighted by atomic mass is 10.0. The number of nitrogens with one attached hydrogen (secondary N) is 1. The van der Waals surface area contributed by atoms with E-state index in [9.17, 15) is 18.0 Å². The van der Waals surface area contributed by atoms with Gasteiger partial charge in [-0.05, 0) is 74.1 Å². The van der Waals surface area contributed by atoms with Crippen molar-refractivity contribution in [1.29, 1.82) is 0 Å². The highest BCUT2D eigenvalue weighted by molar-refractivity contribution is 7.92. The Morgan fingerprint density at radius 2 is 1.40 bits per heavy atom. The van der Waals surface area contributed by atoms with Gasteiger partial charge in [0, 0.05) is 19.0 Å². The molecule has 0 aliphatic rings. The van der Waals surface area contributed by atoms with Crippen molar-refractivity contribution in [3.8, 4) is 0 Å². The molecule has 0 spiro atoms. The van der Waals surface area contributed by atoms with Crippen LogP contribution in [-0.4, -0.2) is 43.8 Å². The van der Waals surface area contributed by atoms with Gasteiger partial charge in [-0.1, -0.05) is 111 Å². The average Bonchev–Trinajstić information content (AvgIpc) is 3.05. The Bertz CT molecular complexity index is 1740. The summed E-state index contributed by atoms with van der Waals surface area (Å²) < 4.78 is 29.7. The van der Waals surface area contributed by atoms with Crippen molar-refractivity contribution in [2.24, 2.45) is 0 Å². The zero-order valence-electron chi connectivity index (χ0n) is 28.3. The van der Waals surface area contributed by atoms with Gasteiger partial charge in [0.1, 0.15) is 12.6 Å². The van der Waals surface area contributed by atoms with Crippen LogP contribution >= 0.6 is 0 Å². The van der Waals surface area contributed by atoms with Crippen LogP contribution in [0.5, 0.6) is 0 Å². The molecule has 47 heavy (non-hydrogen) atoms. The molecule has 0 unspecified atom stereocenters. The number of hydrogen-bond donors (Lipinski definition) is 1. The number of anilines is 1. The smallest absolute Gasteiger partial charge is 0.264 e. The van der Waals surface area contributed by atoms with Crippen LogP contribution in [0.2, 0.25) is 0 Å². The summed E-state index contributed by atoms with van der Waals surface area (Å²) in [5.41, 5.74) is 5.12. The first-order chi connectivity index (χ1) is 22.4.